The van der Waals surface area contributed by atoms with Gasteiger partial charge in [-0.2, -0.15) is 0 Å². The maximum absolute atomic E-state index is 13.6. The van der Waals surface area contributed by atoms with Crippen LogP contribution in [0.2, 0.25) is 0 Å². The molecule has 6 nitrogen and oxygen atoms in total. The van der Waals surface area contributed by atoms with Gasteiger partial charge in [0.05, 0.1) is 5.69 Å². The topological polar surface area (TPSA) is 87.2 Å². The number of aromatic nitrogens is 2. The number of allylic oxidation sites excluding steroid dienone is 1. The number of nitrogens with zero attached hydrogens (tertiary/aromatic N) is 2. The molecule has 37 heavy (non-hydrogen) atoms. The highest BCUT2D eigenvalue weighted by atomic mass is 16.3. The molecule has 2 unspecified atom stereocenters. The molecule has 2 heterocycles. The summed E-state index contributed by atoms with van der Waals surface area (Å²) in [6.07, 6.45) is -0.422. The maximum atomic E-state index is 13.6. The fraction of sp³-hybridized carbons (Fsp3) is 0.323. The molecule has 0 spiro atoms. The Labute approximate surface area is 216 Å². The molecule has 4 aromatic rings. The maximum Gasteiger partial charge on any atom is 0.274 e. The van der Waals surface area contributed by atoms with E-state index in [0.29, 0.717) is 16.9 Å². The van der Waals surface area contributed by atoms with Gasteiger partial charge in [0.1, 0.15) is 0 Å². The van der Waals surface area contributed by atoms with Crippen LogP contribution in [0.15, 0.2) is 83.3 Å². The second-order valence-electron chi connectivity index (χ2n) is 10.8. The highest BCUT2D eigenvalue weighted by molar-refractivity contribution is 5.94. The molecule has 1 aliphatic heterocycles. The third-order valence-electron chi connectivity index (χ3n) is 8.35. The number of aryl methyl sites for hydroxylation is 1. The summed E-state index contributed by atoms with van der Waals surface area (Å²) < 4.78 is 1.43. The summed E-state index contributed by atoms with van der Waals surface area (Å²) in [5, 5.41) is 32.6. The number of H-pyrrole nitrogens is 1. The molecule has 0 saturated heterocycles. The second kappa shape index (κ2) is 8.47. The number of aromatic amines is 1. The third-order valence-corrected chi connectivity index (χ3v) is 8.35. The number of nitrogens with one attached hydrogen (secondary N) is 1. The Hall–Kier alpha value is -3.61. The SMILES string of the molecule is CCN1/C(=C\C2C([O-])C(c3c(C)[nH]n(-c4ccccc4)c3=O)C2[O-])C(C)(C)c2c1ccc1ccccc21. The van der Waals surface area contributed by atoms with E-state index < -0.39 is 24.0 Å². The van der Waals surface area contributed by atoms with Crippen LogP contribution in [0.4, 0.5) is 5.69 Å². The molecule has 3 aromatic carbocycles. The molecule has 2 aliphatic rings. The first kappa shape index (κ1) is 23.8. The molecule has 1 aliphatic carbocycles. The zero-order valence-corrected chi connectivity index (χ0v) is 21.6. The highest BCUT2D eigenvalue weighted by Gasteiger charge is 2.44. The van der Waals surface area contributed by atoms with Gasteiger partial charge in [-0.15, -0.1) is 12.2 Å². The smallest absolute Gasteiger partial charge is 0.274 e. The summed E-state index contributed by atoms with van der Waals surface area (Å²) in [6.45, 7) is 8.94. The summed E-state index contributed by atoms with van der Waals surface area (Å²) in [6, 6.07) is 21.8. The van der Waals surface area contributed by atoms with Gasteiger partial charge in [-0.1, -0.05) is 68.5 Å². The summed E-state index contributed by atoms with van der Waals surface area (Å²) >= 11 is 0. The first-order valence-electron chi connectivity index (χ1n) is 13.0. The van der Waals surface area contributed by atoms with E-state index in [9.17, 15) is 15.0 Å². The van der Waals surface area contributed by atoms with Gasteiger partial charge in [-0.3, -0.25) is 9.89 Å². The molecule has 0 bridgehead atoms. The van der Waals surface area contributed by atoms with Crippen molar-refractivity contribution in [3.63, 3.8) is 0 Å². The lowest BCUT2D eigenvalue weighted by molar-refractivity contribution is -0.543. The van der Waals surface area contributed by atoms with Crippen LogP contribution in [0.25, 0.3) is 16.5 Å². The predicted molar refractivity (Wildman–Crippen MR) is 143 cm³/mol. The fourth-order valence-corrected chi connectivity index (χ4v) is 6.49. The number of para-hydroxylation sites is 1. The van der Waals surface area contributed by atoms with Crippen molar-refractivity contribution in [2.45, 2.75) is 51.2 Å². The van der Waals surface area contributed by atoms with Gasteiger partial charge in [-0.25, -0.2) is 4.68 Å². The molecule has 1 aromatic heterocycles. The van der Waals surface area contributed by atoms with Crippen molar-refractivity contribution in [3.8, 4) is 5.69 Å². The Morgan fingerprint density at radius 3 is 2.35 bits per heavy atom. The first-order chi connectivity index (χ1) is 17.8. The van der Waals surface area contributed by atoms with Crippen LogP contribution < -0.4 is 20.7 Å². The van der Waals surface area contributed by atoms with E-state index in [-0.39, 0.29) is 11.0 Å². The van der Waals surface area contributed by atoms with Gasteiger partial charge >= 0.3 is 0 Å². The lowest BCUT2D eigenvalue weighted by Crippen LogP contribution is -2.65. The standard InChI is InChI=1S/C31H31N3O3/c1-5-33-23-16-15-19-11-9-10-14-21(19)27(23)31(3,4)24(33)17-22-28(35)26(29(22)36)25-18(2)32-34(30(25)37)20-12-7-6-8-13-20/h6-17,22,26,28-29,32H,5H2,1-4H3/q-2/b24-17-. The van der Waals surface area contributed by atoms with Crippen LogP contribution in [0.5, 0.6) is 0 Å². The van der Waals surface area contributed by atoms with Crippen LogP contribution in [0.3, 0.4) is 0 Å². The summed E-state index contributed by atoms with van der Waals surface area (Å²) in [5.41, 5.74) is 4.28. The molecular weight excluding hydrogens is 462 g/mol. The van der Waals surface area contributed by atoms with E-state index in [1.165, 1.54) is 21.0 Å². The molecule has 0 radical (unpaired) electrons. The Balaban J connectivity index is 1.37. The molecule has 6 rings (SSSR count). The lowest BCUT2D eigenvalue weighted by Gasteiger charge is -2.60. The van der Waals surface area contributed by atoms with Crippen LogP contribution in [-0.2, 0) is 5.41 Å². The van der Waals surface area contributed by atoms with E-state index in [4.69, 9.17) is 0 Å². The summed E-state index contributed by atoms with van der Waals surface area (Å²) in [4.78, 5) is 15.5. The van der Waals surface area contributed by atoms with Gasteiger partial charge in [0.2, 0.25) is 0 Å². The number of fused-ring (bicyclic) bond motifs is 3. The number of likely N-dealkylation sites (N-methyl/N-ethyl adjacent to an activating group) is 1. The molecule has 2 atom stereocenters. The summed E-state index contributed by atoms with van der Waals surface area (Å²) in [5.74, 6) is -1.55. The Kier molecular flexibility index (Phi) is 5.44. The fourth-order valence-electron chi connectivity index (χ4n) is 6.49. The minimum absolute atomic E-state index is 0.309. The first-order valence-corrected chi connectivity index (χ1v) is 13.0. The monoisotopic (exact) mass is 493 g/mol. The third kappa shape index (κ3) is 3.36. The van der Waals surface area contributed by atoms with Crippen molar-refractivity contribution in [1.29, 1.82) is 0 Å². The van der Waals surface area contributed by atoms with E-state index in [1.54, 1.807) is 6.92 Å². The average Bonchev–Trinajstić information content (AvgIpc) is 3.32. The van der Waals surface area contributed by atoms with Crippen LogP contribution in [0.1, 0.15) is 43.5 Å². The summed E-state index contributed by atoms with van der Waals surface area (Å²) in [7, 11) is 0. The van der Waals surface area contributed by atoms with Gasteiger partial charge < -0.3 is 15.1 Å². The van der Waals surface area contributed by atoms with E-state index in [0.717, 1.165) is 17.9 Å². The average molecular weight is 494 g/mol. The number of hydrogen-bond acceptors (Lipinski definition) is 4. The van der Waals surface area contributed by atoms with Crippen LogP contribution in [-0.4, -0.2) is 28.5 Å². The molecule has 0 amide bonds. The number of benzene rings is 3. The number of anilines is 1. The molecule has 1 N–H and O–H groups in total. The van der Waals surface area contributed by atoms with E-state index >= 15 is 0 Å². The van der Waals surface area contributed by atoms with Gasteiger partial charge in [0, 0.05) is 34.6 Å². The molecule has 6 heteroatoms. The predicted octanol–water partition coefficient (Wildman–Crippen LogP) is 3.50. The van der Waals surface area contributed by atoms with E-state index in [2.05, 4.69) is 61.1 Å². The zero-order chi connectivity index (χ0) is 26.1. The largest absolute Gasteiger partial charge is 0.851 e. The van der Waals surface area contributed by atoms with Gasteiger partial charge in [0.15, 0.2) is 0 Å². The molecule has 1 saturated carbocycles. The van der Waals surface area contributed by atoms with Crippen molar-refractivity contribution >= 4 is 16.5 Å². The minimum Gasteiger partial charge on any atom is -0.851 e. The number of hydrogen-bond donors (Lipinski definition) is 1. The van der Waals surface area contributed by atoms with Crippen molar-refractivity contribution in [2.24, 2.45) is 5.92 Å². The van der Waals surface area contributed by atoms with Gasteiger partial charge in [-0.05, 0) is 60.2 Å². The lowest BCUT2D eigenvalue weighted by atomic mass is 9.64. The Bertz CT molecular complexity index is 1570. The Morgan fingerprint density at radius 1 is 0.973 bits per heavy atom. The van der Waals surface area contributed by atoms with E-state index in [1.807, 2.05) is 42.5 Å². The quantitative estimate of drug-likeness (QED) is 0.471. The van der Waals surface area contributed by atoms with Crippen LogP contribution >= 0.6 is 0 Å². The second-order valence-corrected chi connectivity index (χ2v) is 10.8. The highest BCUT2D eigenvalue weighted by Crippen LogP contribution is 2.52. The molecule has 190 valence electrons. The van der Waals surface area contributed by atoms with Gasteiger partial charge in [0.25, 0.3) is 5.56 Å². The van der Waals surface area contributed by atoms with Crippen molar-refractivity contribution < 1.29 is 10.2 Å². The molecular formula is C31H31N3O3-2. The minimum atomic E-state index is -1.17. The van der Waals surface area contributed by atoms with Crippen molar-refractivity contribution in [3.05, 3.63) is 106 Å². The van der Waals surface area contributed by atoms with Crippen molar-refractivity contribution in [2.75, 3.05) is 11.4 Å². The number of rotatable bonds is 4. The normalized spacial score (nSPS) is 25.5. The van der Waals surface area contributed by atoms with Crippen molar-refractivity contribution in [1.82, 2.24) is 9.78 Å². The molecule has 1 fully saturated rings. The van der Waals surface area contributed by atoms with Crippen LogP contribution in [0, 0.1) is 12.8 Å². The Morgan fingerprint density at radius 2 is 1.65 bits per heavy atom. The zero-order valence-electron chi connectivity index (χ0n) is 21.6.